The normalized spacial score (nSPS) is 19.8. The summed E-state index contributed by atoms with van der Waals surface area (Å²) in [4.78, 5) is 24.5. The molecule has 1 aromatic rings. The lowest BCUT2D eigenvalue weighted by Crippen LogP contribution is -2.26. The summed E-state index contributed by atoms with van der Waals surface area (Å²) in [7, 11) is 0. The van der Waals surface area contributed by atoms with Crippen molar-refractivity contribution in [3.8, 4) is 0 Å². The first kappa shape index (κ1) is 11.6. The van der Waals surface area contributed by atoms with Crippen LogP contribution in [0.3, 0.4) is 0 Å². The second-order valence-electron chi connectivity index (χ2n) is 3.71. The van der Waals surface area contributed by atoms with Gasteiger partial charge in [-0.3, -0.25) is 9.89 Å². The number of aliphatic hydroxyl groups is 1. The second-order valence-corrected chi connectivity index (χ2v) is 3.71. The quantitative estimate of drug-likeness (QED) is 0.705. The van der Waals surface area contributed by atoms with Gasteiger partial charge in [0.2, 0.25) is 5.91 Å². The number of aromatic amines is 1. The molecule has 1 unspecified atom stereocenters. The number of H-pyrrole nitrogens is 1. The topological polar surface area (TPSA) is 95.5 Å². The van der Waals surface area contributed by atoms with Crippen LogP contribution in [0.2, 0.25) is 0 Å². The highest BCUT2D eigenvalue weighted by atomic mass is 16.5. The van der Waals surface area contributed by atoms with Crippen LogP contribution in [0.15, 0.2) is 6.20 Å². The van der Waals surface area contributed by atoms with Crippen molar-refractivity contribution >= 4 is 17.6 Å². The van der Waals surface area contributed by atoms with Gasteiger partial charge in [-0.1, -0.05) is 0 Å². The van der Waals surface area contributed by atoms with E-state index >= 15 is 0 Å². The number of aliphatic hydroxyl groups excluding tert-OH is 1. The number of hydrogen-bond acceptors (Lipinski definition) is 5. The Morgan fingerprint density at radius 3 is 3.12 bits per heavy atom. The first-order chi connectivity index (χ1) is 8.13. The van der Waals surface area contributed by atoms with E-state index in [-0.39, 0.29) is 31.2 Å². The molecule has 1 saturated heterocycles. The predicted molar refractivity (Wildman–Crippen MR) is 57.5 cm³/mol. The maximum atomic E-state index is 11.6. The van der Waals surface area contributed by atoms with E-state index in [0.29, 0.717) is 5.69 Å². The van der Waals surface area contributed by atoms with Gasteiger partial charge in [0.1, 0.15) is 0 Å². The predicted octanol–water partition coefficient (Wildman–Crippen LogP) is -0.316. The van der Waals surface area contributed by atoms with Crippen molar-refractivity contribution in [3.63, 3.8) is 0 Å². The number of β-amino-alcohol motifs (C(OH)–C–C–N with tert-alkyl or cyclic N) is 1. The SMILES string of the molecule is CCOC(=O)c1[nH]ncc1N1CC(O)CC1=O. The number of amides is 1. The molecule has 1 amide bonds. The largest absolute Gasteiger partial charge is 0.461 e. The van der Waals surface area contributed by atoms with Gasteiger partial charge in [0.15, 0.2) is 5.69 Å². The van der Waals surface area contributed by atoms with Gasteiger partial charge in [0, 0.05) is 0 Å². The number of hydrogen-bond donors (Lipinski definition) is 2. The van der Waals surface area contributed by atoms with Gasteiger partial charge >= 0.3 is 5.97 Å². The zero-order valence-corrected chi connectivity index (χ0v) is 9.34. The fraction of sp³-hybridized carbons (Fsp3) is 0.500. The van der Waals surface area contributed by atoms with Crippen LogP contribution in [0.25, 0.3) is 0 Å². The monoisotopic (exact) mass is 239 g/mol. The van der Waals surface area contributed by atoms with Crippen molar-refractivity contribution in [2.24, 2.45) is 0 Å². The van der Waals surface area contributed by atoms with Gasteiger partial charge in [-0.25, -0.2) is 4.79 Å². The van der Waals surface area contributed by atoms with E-state index in [1.807, 2.05) is 0 Å². The second kappa shape index (κ2) is 4.54. The van der Waals surface area contributed by atoms with Gasteiger partial charge in [-0.05, 0) is 6.92 Å². The van der Waals surface area contributed by atoms with Gasteiger partial charge in [-0.15, -0.1) is 0 Å². The van der Waals surface area contributed by atoms with Crippen LogP contribution in [0.5, 0.6) is 0 Å². The third kappa shape index (κ3) is 2.14. The lowest BCUT2D eigenvalue weighted by atomic mass is 10.3. The van der Waals surface area contributed by atoms with Crippen LogP contribution in [0, 0.1) is 0 Å². The highest BCUT2D eigenvalue weighted by molar-refractivity contribution is 6.02. The summed E-state index contributed by atoms with van der Waals surface area (Å²) >= 11 is 0. The molecule has 0 bridgehead atoms. The molecule has 1 aromatic heterocycles. The zero-order valence-electron chi connectivity index (χ0n) is 9.34. The molecule has 17 heavy (non-hydrogen) atoms. The highest BCUT2D eigenvalue weighted by Gasteiger charge is 2.32. The van der Waals surface area contributed by atoms with Crippen molar-refractivity contribution in [3.05, 3.63) is 11.9 Å². The summed E-state index contributed by atoms with van der Waals surface area (Å²) in [6.07, 6.45) is 0.739. The average Bonchev–Trinajstić information content (AvgIpc) is 2.84. The Kier molecular flexibility index (Phi) is 3.10. The van der Waals surface area contributed by atoms with Crippen molar-refractivity contribution in [2.75, 3.05) is 18.1 Å². The standard InChI is InChI=1S/C10H13N3O4/c1-2-17-10(16)9-7(4-11-12-9)13-5-6(14)3-8(13)15/h4,6,14H,2-3,5H2,1H3,(H,11,12). The van der Waals surface area contributed by atoms with Crippen LogP contribution >= 0.6 is 0 Å². The Hall–Kier alpha value is -1.89. The smallest absolute Gasteiger partial charge is 0.358 e. The van der Waals surface area contributed by atoms with E-state index < -0.39 is 12.1 Å². The summed E-state index contributed by atoms with van der Waals surface area (Å²) in [5.41, 5.74) is 0.485. The zero-order chi connectivity index (χ0) is 12.4. The Morgan fingerprint density at radius 1 is 1.76 bits per heavy atom. The number of nitrogens with zero attached hydrogens (tertiary/aromatic N) is 2. The van der Waals surface area contributed by atoms with Crippen molar-refractivity contribution < 1.29 is 19.4 Å². The molecule has 0 spiro atoms. The minimum atomic E-state index is -0.701. The first-order valence-corrected chi connectivity index (χ1v) is 5.32. The van der Waals surface area contributed by atoms with Crippen molar-refractivity contribution in [2.45, 2.75) is 19.4 Å². The van der Waals surface area contributed by atoms with Gasteiger partial charge in [0.05, 0.1) is 37.6 Å². The third-order valence-corrected chi connectivity index (χ3v) is 2.49. The van der Waals surface area contributed by atoms with Crippen LogP contribution < -0.4 is 4.90 Å². The van der Waals surface area contributed by atoms with E-state index in [4.69, 9.17) is 4.74 Å². The molecule has 2 rings (SSSR count). The molecule has 7 heteroatoms. The molecule has 2 N–H and O–H groups in total. The molecule has 0 aliphatic carbocycles. The number of nitrogens with one attached hydrogen (secondary N) is 1. The molecule has 2 heterocycles. The molecule has 0 aromatic carbocycles. The number of aromatic nitrogens is 2. The molecule has 1 fully saturated rings. The fourth-order valence-electron chi connectivity index (χ4n) is 1.76. The molecule has 92 valence electrons. The molecule has 0 radical (unpaired) electrons. The number of rotatable bonds is 3. The van der Waals surface area contributed by atoms with E-state index in [1.54, 1.807) is 6.92 Å². The first-order valence-electron chi connectivity index (χ1n) is 5.32. The minimum Gasteiger partial charge on any atom is -0.461 e. The summed E-state index contributed by atoms with van der Waals surface area (Å²) in [6, 6.07) is 0. The number of anilines is 1. The van der Waals surface area contributed by atoms with Crippen LogP contribution in [-0.4, -0.2) is 46.4 Å². The Morgan fingerprint density at radius 2 is 2.53 bits per heavy atom. The molecule has 7 nitrogen and oxygen atoms in total. The molecule has 1 aliphatic rings. The number of carbonyl (C=O) groups excluding carboxylic acids is 2. The van der Waals surface area contributed by atoms with Crippen LogP contribution in [0.4, 0.5) is 5.69 Å². The summed E-state index contributed by atoms with van der Waals surface area (Å²) in [5, 5.41) is 15.6. The number of ether oxygens (including phenoxy) is 1. The molecular weight excluding hydrogens is 226 g/mol. The van der Waals surface area contributed by atoms with Gasteiger partial charge in [-0.2, -0.15) is 5.10 Å². The summed E-state index contributed by atoms with van der Waals surface area (Å²) in [5.74, 6) is -0.793. The Labute approximate surface area is 97.4 Å². The third-order valence-electron chi connectivity index (χ3n) is 2.49. The molecular formula is C10H13N3O4. The summed E-state index contributed by atoms with van der Waals surface area (Å²) in [6.45, 7) is 2.11. The maximum absolute atomic E-state index is 11.6. The lowest BCUT2D eigenvalue weighted by Gasteiger charge is -2.14. The summed E-state index contributed by atoms with van der Waals surface area (Å²) < 4.78 is 4.84. The number of carbonyl (C=O) groups is 2. The van der Waals surface area contributed by atoms with E-state index in [2.05, 4.69) is 10.2 Å². The molecule has 0 saturated carbocycles. The maximum Gasteiger partial charge on any atom is 0.358 e. The Bertz CT molecular complexity index is 443. The highest BCUT2D eigenvalue weighted by Crippen LogP contribution is 2.24. The van der Waals surface area contributed by atoms with Gasteiger partial charge in [0.25, 0.3) is 0 Å². The van der Waals surface area contributed by atoms with Crippen molar-refractivity contribution in [1.29, 1.82) is 0 Å². The molecule has 1 atom stereocenters. The van der Waals surface area contributed by atoms with Gasteiger partial charge < -0.3 is 14.7 Å². The van der Waals surface area contributed by atoms with E-state index in [9.17, 15) is 14.7 Å². The van der Waals surface area contributed by atoms with Crippen molar-refractivity contribution in [1.82, 2.24) is 10.2 Å². The van der Waals surface area contributed by atoms with Crippen LogP contribution in [0.1, 0.15) is 23.8 Å². The minimum absolute atomic E-state index is 0.0629. The van der Waals surface area contributed by atoms with E-state index in [1.165, 1.54) is 11.1 Å². The lowest BCUT2D eigenvalue weighted by molar-refractivity contribution is -0.117. The molecule has 1 aliphatic heterocycles. The average molecular weight is 239 g/mol. The Balaban J connectivity index is 2.25. The van der Waals surface area contributed by atoms with Crippen LogP contribution in [-0.2, 0) is 9.53 Å². The number of esters is 1. The fourth-order valence-corrected chi connectivity index (χ4v) is 1.76. The van der Waals surface area contributed by atoms with E-state index in [0.717, 1.165) is 0 Å².